The first-order valence-electron chi connectivity index (χ1n) is 9.27. The second-order valence-electron chi connectivity index (χ2n) is 7.10. The first kappa shape index (κ1) is 20.4. The maximum atomic E-state index is 13.6. The zero-order valence-corrected chi connectivity index (χ0v) is 17.3. The van der Waals surface area contributed by atoms with Crippen molar-refractivity contribution in [2.45, 2.75) is 25.9 Å². The first-order valence-corrected chi connectivity index (χ1v) is 9.64. The number of Topliss-reactive ketones (excluding diaryl/α,β-unsaturated/α-hetero) is 1. The Morgan fingerprint density at radius 3 is 2.80 bits per heavy atom. The molecular weight excluding hydrogens is 416 g/mol. The number of carbonyl (C=O) groups excluding carboxylic acids is 2. The predicted octanol–water partition coefficient (Wildman–Crippen LogP) is 2.52. The molecule has 0 saturated heterocycles. The van der Waals surface area contributed by atoms with Crippen LogP contribution in [0.15, 0.2) is 22.4 Å². The number of hydrogen-bond acceptors (Lipinski definition) is 9. The average molecular weight is 435 g/mol. The number of benzene rings is 1. The highest BCUT2D eigenvalue weighted by molar-refractivity contribution is 6.36. The number of fused-ring (bicyclic) bond motifs is 1. The van der Waals surface area contributed by atoms with E-state index in [9.17, 15) is 14.7 Å². The standard InChI is InChI=1S/C20H19ClN2O7/c1-9-6-11(25)7-14(27-3)20(9)18(26)15-13(28-5-4-24)8-12(16(21)17(15)29-20)19-22-10(2)30-23-19/h7-9,24H,4-6H2,1-3H3/t9-,20+/m1/s1. The second kappa shape index (κ2) is 7.41. The summed E-state index contributed by atoms with van der Waals surface area (Å²) in [5, 5.41) is 13.2. The molecule has 158 valence electrons. The van der Waals surface area contributed by atoms with E-state index in [2.05, 4.69) is 10.1 Å². The number of halogens is 1. The van der Waals surface area contributed by atoms with Crippen LogP contribution in [-0.4, -0.2) is 52.7 Å². The fourth-order valence-corrected chi connectivity index (χ4v) is 4.13. The Balaban J connectivity index is 1.93. The third-order valence-corrected chi connectivity index (χ3v) is 5.58. The summed E-state index contributed by atoms with van der Waals surface area (Å²) in [7, 11) is 1.37. The maximum Gasteiger partial charge on any atom is 0.231 e. The molecule has 0 unspecified atom stereocenters. The van der Waals surface area contributed by atoms with Crippen molar-refractivity contribution >= 4 is 23.2 Å². The summed E-state index contributed by atoms with van der Waals surface area (Å²) >= 11 is 6.61. The van der Waals surface area contributed by atoms with Crippen molar-refractivity contribution in [1.82, 2.24) is 10.1 Å². The van der Waals surface area contributed by atoms with Crippen molar-refractivity contribution in [3.8, 4) is 22.9 Å². The fourth-order valence-electron chi connectivity index (χ4n) is 3.85. The molecule has 10 heteroatoms. The molecule has 2 atom stereocenters. The third-order valence-electron chi connectivity index (χ3n) is 5.21. The topological polar surface area (TPSA) is 121 Å². The number of allylic oxidation sites excluding steroid dienone is 1. The van der Waals surface area contributed by atoms with Crippen molar-refractivity contribution in [2.24, 2.45) is 5.92 Å². The van der Waals surface area contributed by atoms with Crippen molar-refractivity contribution in [3.05, 3.63) is 34.4 Å². The van der Waals surface area contributed by atoms with Crippen molar-refractivity contribution in [1.29, 1.82) is 0 Å². The molecule has 4 rings (SSSR count). The summed E-state index contributed by atoms with van der Waals surface area (Å²) in [5.74, 6) is -0.242. The van der Waals surface area contributed by atoms with Gasteiger partial charge in [-0.15, -0.1) is 0 Å². The summed E-state index contributed by atoms with van der Waals surface area (Å²) < 4.78 is 22.2. The molecule has 0 bridgehead atoms. The molecule has 0 radical (unpaired) electrons. The fraction of sp³-hybridized carbons (Fsp3) is 0.400. The van der Waals surface area contributed by atoms with Crippen molar-refractivity contribution < 1.29 is 33.4 Å². The Kier molecular flexibility index (Phi) is 5.03. The van der Waals surface area contributed by atoms with Gasteiger partial charge in [0.1, 0.15) is 17.9 Å². The van der Waals surface area contributed by atoms with Gasteiger partial charge in [0.2, 0.25) is 23.1 Å². The van der Waals surface area contributed by atoms with Crippen LogP contribution in [0, 0.1) is 12.8 Å². The largest absolute Gasteiger partial charge is 0.496 e. The third kappa shape index (κ3) is 2.88. The van der Waals surface area contributed by atoms with E-state index in [1.807, 2.05) is 0 Å². The van der Waals surface area contributed by atoms with Crippen LogP contribution in [0.5, 0.6) is 11.5 Å². The first-order chi connectivity index (χ1) is 14.3. The van der Waals surface area contributed by atoms with Crippen LogP contribution in [0.4, 0.5) is 0 Å². The molecule has 1 spiro atoms. The minimum absolute atomic E-state index is 0.0555. The Bertz CT molecular complexity index is 1080. The minimum Gasteiger partial charge on any atom is -0.496 e. The van der Waals surface area contributed by atoms with Crippen LogP contribution in [0.1, 0.15) is 29.6 Å². The number of ether oxygens (including phenoxy) is 3. The van der Waals surface area contributed by atoms with Gasteiger partial charge in [-0.1, -0.05) is 23.7 Å². The summed E-state index contributed by atoms with van der Waals surface area (Å²) in [4.78, 5) is 29.9. The number of aliphatic hydroxyl groups excluding tert-OH is 1. The van der Waals surface area contributed by atoms with Gasteiger partial charge >= 0.3 is 0 Å². The molecule has 30 heavy (non-hydrogen) atoms. The highest BCUT2D eigenvalue weighted by Gasteiger charge is 2.59. The lowest BCUT2D eigenvalue weighted by molar-refractivity contribution is -0.118. The van der Waals surface area contributed by atoms with Crippen LogP contribution >= 0.6 is 11.6 Å². The van der Waals surface area contributed by atoms with E-state index in [1.165, 1.54) is 19.3 Å². The van der Waals surface area contributed by atoms with Crippen molar-refractivity contribution in [3.63, 3.8) is 0 Å². The quantitative estimate of drug-likeness (QED) is 0.756. The van der Waals surface area contributed by atoms with E-state index in [4.69, 9.17) is 30.3 Å². The lowest BCUT2D eigenvalue weighted by atomic mass is 9.75. The summed E-state index contributed by atoms with van der Waals surface area (Å²) in [6.07, 6.45) is 1.38. The highest BCUT2D eigenvalue weighted by Crippen LogP contribution is 2.54. The van der Waals surface area contributed by atoms with Crippen molar-refractivity contribution in [2.75, 3.05) is 20.3 Å². The molecule has 2 aromatic rings. The second-order valence-corrected chi connectivity index (χ2v) is 7.48. The van der Waals surface area contributed by atoms with Gasteiger partial charge in [0, 0.05) is 30.9 Å². The Morgan fingerprint density at radius 2 is 2.17 bits per heavy atom. The van der Waals surface area contributed by atoms with Gasteiger partial charge in [0.15, 0.2) is 17.3 Å². The number of ketones is 2. The van der Waals surface area contributed by atoms with Crippen LogP contribution in [0.2, 0.25) is 5.02 Å². The van der Waals surface area contributed by atoms with E-state index in [-0.39, 0.29) is 59.1 Å². The van der Waals surface area contributed by atoms with Gasteiger partial charge in [-0.3, -0.25) is 9.59 Å². The number of carbonyl (C=O) groups is 2. The van der Waals surface area contributed by atoms with Gasteiger partial charge in [-0.25, -0.2) is 0 Å². The van der Waals surface area contributed by atoms with Gasteiger partial charge in [-0.2, -0.15) is 4.98 Å². The normalized spacial score (nSPS) is 22.7. The molecule has 1 N–H and O–H groups in total. The zero-order valence-electron chi connectivity index (χ0n) is 16.5. The number of aliphatic hydroxyl groups is 1. The summed E-state index contributed by atoms with van der Waals surface area (Å²) in [6.45, 7) is 3.05. The van der Waals surface area contributed by atoms with Crippen LogP contribution in [0.25, 0.3) is 11.4 Å². The molecule has 0 saturated carbocycles. The van der Waals surface area contributed by atoms with E-state index in [0.29, 0.717) is 11.5 Å². The van der Waals surface area contributed by atoms with E-state index in [0.717, 1.165) is 0 Å². The molecule has 9 nitrogen and oxygen atoms in total. The molecule has 1 aliphatic heterocycles. The van der Waals surface area contributed by atoms with Crippen LogP contribution < -0.4 is 9.47 Å². The van der Waals surface area contributed by atoms with Crippen LogP contribution in [-0.2, 0) is 9.53 Å². The van der Waals surface area contributed by atoms with E-state index < -0.39 is 17.3 Å². The monoisotopic (exact) mass is 434 g/mol. The highest BCUT2D eigenvalue weighted by atomic mass is 35.5. The lowest BCUT2D eigenvalue weighted by Gasteiger charge is -2.36. The summed E-state index contributed by atoms with van der Waals surface area (Å²) in [6, 6.07) is 1.51. The number of nitrogens with zero attached hydrogens (tertiary/aromatic N) is 2. The Labute approximate surface area is 176 Å². The molecule has 1 aromatic heterocycles. The molecule has 2 aliphatic rings. The average Bonchev–Trinajstić information content (AvgIpc) is 3.27. The zero-order chi connectivity index (χ0) is 21.6. The SMILES string of the molecule is COC1=CC(=O)C[C@@H](C)[C@]12Oc1c(Cl)c(-c3noc(C)n3)cc(OCCO)c1C2=O. The molecule has 0 fully saturated rings. The predicted molar refractivity (Wildman–Crippen MR) is 104 cm³/mol. The molecular formula is C20H19ClN2O7. The van der Waals surface area contributed by atoms with Gasteiger partial charge in [0.25, 0.3) is 0 Å². The van der Waals surface area contributed by atoms with Gasteiger partial charge in [0.05, 0.1) is 18.7 Å². The maximum absolute atomic E-state index is 13.6. The summed E-state index contributed by atoms with van der Waals surface area (Å²) in [5.41, 5.74) is -1.09. The number of aryl methyl sites for hydroxylation is 1. The Hall–Kier alpha value is -2.91. The molecule has 1 aromatic carbocycles. The Morgan fingerprint density at radius 1 is 1.40 bits per heavy atom. The van der Waals surface area contributed by atoms with E-state index in [1.54, 1.807) is 13.8 Å². The molecule has 2 heterocycles. The van der Waals surface area contributed by atoms with Gasteiger partial charge < -0.3 is 23.8 Å². The van der Waals surface area contributed by atoms with Gasteiger partial charge in [-0.05, 0) is 6.07 Å². The number of rotatable bonds is 5. The van der Waals surface area contributed by atoms with Crippen LogP contribution in [0.3, 0.4) is 0 Å². The lowest BCUT2D eigenvalue weighted by Crippen LogP contribution is -2.51. The van der Waals surface area contributed by atoms with E-state index >= 15 is 0 Å². The molecule has 1 aliphatic carbocycles. The minimum atomic E-state index is -1.54. The smallest absolute Gasteiger partial charge is 0.231 e. The number of aromatic nitrogens is 2. The molecule has 0 amide bonds. The number of hydrogen-bond donors (Lipinski definition) is 1. The number of methoxy groups -OCH3 is 1.